The fraction of sp³-hybridized carbons (Fsp3) is 0.409. The summed E-state index contributed by atoms with van der Waals surface area (Å²) in [7, 11) is 4.99. The molecule has 0 aliphatic carbocycles. The minimum atomic E-state index is -0.0483. The smallest absolute Gasteiger partial charge is 0.261 e. The van der Waals surface area contributed by atoms with Gasteiger partial charge in [0.05, 0.1) is 26.2 Å². The predicted molar refractivity (Wildman–Crippen MR) is 109 cm³/mol. The number of benzene rings is 1. The first-order chi connectivity index (χ1) is 13.6. The van der Waals surface area contributed by atoms with Crippen molar-refractivity contribution < 1.29 is 13.9 Å². The van der Waals surface area contributed by atoms with Crippen molar-refractivity contribution >= 4 is 11.0 Å². The van der Waals surface area contributed by atoms with Crippen LogP contribution in [0.1, 0.15) is 25.0 Å². The molecule has 0 bridgehead atoms. The fourth-order valence-corrected chi connectivity index (χ4v) is 3.93. The Morgan fingerprint density at radius 2 is 1.79 bits per heavy atom. The Kier molecular flexibility index (Phi) is 5.13. The molecule has 0 amide bonds. The van der Waals surface area contributed by atoms with Gasteiger partial charge in [-0.15, -0.1) is 0 Å². The van der Waals surface area contributed by atoms with E-state index in [-0.39, 0.29) is 5.56 Å². The van der Waals surface area contributed by atoms with Crippen LogP contribution in [0, 0.1) is 0 Å². The van der Waals surface area contributed by atoms with Gasteiger partial charge in [0, 0.05) is 18.8 Å². The summed E-state index contributed by atoms with van der Waals surface area (Å²) in [6.07, 6.45) is 5.55. The Bertz CT molecular complexity index is 1040. The number of likely N-dealkylation sites (tertiary alicyclic amines) is 1. The monoisotopic (exact) mass is 382 g/mol. The molecule has 4 rings (SSSR count). The van der Waals surface area contributed by atoms with Gasteiger partial charge in [-0.1, -0.05) is 12.5 Å². The first-order valence-corrected chi connectivity index (χ1v) is 9.67. The van der Waals surface area contributed by atoms with Crippen LogP contribution in [0.5, 0.6) is 11.5 Å². The lowest BCUT2D eigenvalue weighted by Gasteiger charge is -2.25. The lowest BCUT2D eigenvalue weighted by Crippen LogP contribution is -2.28. The van der Waals surface area contributed by atoms with E-state index in [0.717, 1.165) is 36.5 Å². The van der Waals surface area contributed by atoms with E-state index in [0.29, 0.717) is 22.5 Å². The van der Waals surface area contributed by atoms with Crippen molar-refractivity contribution in [1.29, 1.82) is 0 Å². The number of methoxy groups -OCH3 is 2. The first kappa shape index (κ1) is 18.6. The van der Waals surface area contributed by atoms with Crippen molar-refractivity contribution in [2.75, 3.05) is 27.3 Å². The van der Waals surface area contributed by atoms with Gasteiger partial charge in [0.15, 0.2) is 11.5 Å². The van der Waals surface area contributed by atoms with Crippen LogP contribution in [0.2, 0.25) is 0 Å². The number of aromatic nitrogens is 1. The summed E-state index contributed by atoms with van der Waals surface area (Å²) in [5.74, 6) is 2.14. The Labute approximate surface area is 164 Å². The molecule has 1 saturated heterocycles. The van der Waals surface area contributed by atoms with Gasteiger partial charge in [-0.25, -0.2) is 0 Å². The molecule has 0 radical (unpaired) electrons. The SMILES string of the molecule is COc1ccc(-c2cn(C)c(=O)c3cc(CN4CCCCC4)oc23)cc1OC. The van der Waals surface area contributed by atoms with Gasteiger partial charge in [0.25, 0.3) is 5.56 Å². The Balaban J connectivity index is 1.80. The normalized spacial score (nSPS) is 15.1. The number of ether oxygens (including phenoxy) is 2. The average molecular weight is 382 g/mol. The second kappa shape index (κ2) is 7.72. The van der Waals surface area contributed by atoms with Gasteiger partial charge in [-0.2, -0.15) is 0 Å². The third kappa shape index (κ3) is 3.40. The van der Waals surface area contributed by atoms with Crippen LogP contribution in [0.4, 0.5) is 0 Å². The Hall–Kier alpha value is -2.73. The zero-order chi connectivity index (χ0) is 19.7. The molecule has 2 aromatic heterocycles. The molecule has 0 atom stereocenters. The topological polar surface area (TPSA) is 56.8 Å². The van der Waals surface area contributed by atoms with E-state index < -0.39 is 0 Å². The third-order valence-corrected chi connectivity index (χ3v) is 5.42. The second-order valence-corrected chi connectivity index (χ2v) is 7.32. The number of pyridine rings is 1. The molecule has 1 aliphatic heterocycles. The number of aryl methyl sites for hydroxylation is 1. The highest BCUT2D eigenvalue weighted by Crippen LogP contribution is 2.35. The molecular weight excluding hydrogens is 356 g/mol. The molecule has 0 spiro atoms. The first-order valence-electron chi connectivity index (χ1n) is 9.67. The Morgan fingerprint density at radius 1 is 1.04 bits per heavy atom. The molecule has 0 N–H and O–H groups in total. The van der Waals surface area contributed by atoms with Crippen LogP contribution in [-0.2, 0) is 13.6 Å². The van der Waals surface area contributed by atoms with Crippen LogP contribution in [0.25, 0.3) is 22.1 Å². The second-order valence-electron chi connectivity index (χ2n) is 7.32. The van der Waals surface area contributed by atoms with Crippen molar-refractivity contribution in [2.45, 2.75) is 25.8 Å². The van der Waals surface area contributed by atoms with Gasteiger partial charge in [0.2, 0.25) is 0 Å². The molecule has 0 saturated carbocycles. The van der Waals surface area contributed by atoms with E-state index in [4.69, 9.17) is 13.9 Å². The summed E-state index contributed by atoms with van der Waals surface area (Å²) >= 11 is 0. The summed E-state index contributed by atoms with van der Waals surface area (Å²) in [4.78, 5) is 15.1. The molecule has 1 aromatic carbocycles. The van der Waals surface area contributed by atoms with E-state index in [2.05, 4.69) is 4.90 Å². The number of fused-ring (bicyclic) bond motifs is 1. The molecule has 28 heavy (non-hydrogen) atoms. The van der Waals surface area contributed by atoms with Crippen molar-refractivity contribution in [3.8, 4) is 22.6 Å². The largest absolute Gasteiger partial charge is 0.493 e. The van der Waals surface area contributed by atoms with Gasteiger partial charge in [-0.3, -0.25) is 9.69 Å². The molecule has 1 fully saturated rings. The zero-order valence-corrected chi connectivity index (χ0v) is 16.7. The summed E-state index contributed by atoms with van der Waals surface area (Å²) < 4.78 is 18.6. The van der Waals surface area contributed by atoms with Gasteiger partial charge < -0.3 is 18.5 Å². The van der Waals surface area contributed by atoms with Gasteiger partial charge >= 0.3 is 0 Å². The highest BCUT2D eigenvalue weighted by atomic mass is 16.5. The van der Waals surface area contributed by atoms with E-state index in [1.165, 1.54) is 19.3 Å². The molecule has 0 unspecified atom stereocenters. The Morgan fingerprint density at radius 3 is 2.50 bits per heavy atom. The predicted octanol–water partition coefficient (Wildman–Crippen LogP) is 3.80. The van der Waals surface area contributed by atoms with Gasteiger partial charge in [-0.05, 0) is 49.7 Å². The molecule has 3 aromatic rings. The van der Waals surface area contributed by atoms with E-state index >= 15 is 0 Å². The maximum atomic E-state index is 12.7. The maximum Gasteiger partial charge on any atom is 0.261 e. The zero-order valence-electron chi connectivity index (χ0n) is 16.7. The summed E-state index contributed by atoms with van der Waals surface area (Å²) in [5.41, 5.74) is 2.36. The van der Waals surface area contributed by atoms with Crippen molar-refractivity contribution in [2.24, 2.45) is 7.05 Å². The molecule has 1 aliphatic rings. The quantitative estimate of drug-likeness (QED) is 0.672. The molecule has 148 valence electrons. The maximum absolute atomic E-state index is 12.7. The molecule has 6 heteroatoms. The van der Waals surface area contributed by atoms with Crippen LogP contribution >= 0.6 is 0 Å². The summed E-state index contributed by atoms with van der Waals surface area (Å²) in [5, 5.41) is 0.613. The number of hydrogen-bond acceptors (Lipinski definition) is 5. The fourth-order valence-electron chi connectivity index (χ4n) is 3.93. The van der Waals surface area contributed by atoms with Crippen LogP contribution in [0.3, 0.4) is 0 Å². The molecule has 3 heterocycles. The van der Waals surface area contributed by atoms with E-state index in [1.807, 2.05) is 30.5 Å². The molecular formula is C22H26N2O4. The van der Waals surface area contributed by atoms with Gasteiger partial charge in [0.1, 0.15) is 11.3 Å². The summed E-state index contributed by atoms with van der Waals surface area (Å²) in [6, 6.07) is 7.62. The molecule has 6 nitrogen and oxygen atoms in total. The van der Waals surface area contributed by atoms with Crippen LogP contribution in [-0.4, -0.2) is 36.8 Å². The lowest BCUT2D eigenvalue weighted by molar-refractivity contribution is 0.207. The average Bonchev–Trinajstić information content (AvgIpc) is 3.14. The number of piperidine rings is 1. The number of hydrogen-bond donors (Lipinski definition) is 0. The number of rotatable bonds is 5. The van der Waals surface area contributed by atoms with E-state index in [9.17, 15) is 4.79 Å². The number of furan rings is 1. The van der Waals surface area contributed by atoms with E-state index in [1.54, 1.807) is 25.8 Å². The van der Waals surface area contributed by atoms with Crippen molar-refractivity contribution in [1.82, 2.24) is 9.47 Å². The third-order valence-electron chi connectivity index (χ3n) is 5.42. The highest BCUT2D eigenvalue weighted by molar-refractivity contribution is 5.92. The van der Waals surface area contributed by atoms with Crippen molar-refractivity contribution in [3.05, 3.63) is 46.6 Å². The van der Waals surface area contributed by atoms with Crippen LogP contribution < -0.4 is 15.0 Å². The number of nitrogens with zero attached hydrogens (tertiary/aromatic N) is 2. The van der Waals surface area contributed by atoms with Crippen molar-refractivity contribution in [3.63, 3.8) is 0 Å². The lowest BCUT2D eigenvalue weighted by atomic mass is 10.1. The minimum Gasteiger partial charge on any atom is -0.493 e. The highest BCUT2D eigenvalue weighted by Gasteiger charge is 2.18. The minimum absolute atomic E-state index is 0.0483. The summed E-state index contributed by atoms with van der Waals surface area (Å²) in [6.45, 7) is 2.90. The standard InChI is InChI=1S/C22H26N2O4/c1-23-14-18(15-7-8-19(26-2)20(11-15)27-3)21-17(22(23)25)12-16(28-21)13-24-9-5-4-6-10-24/h7-8,11-12,14H,4-6,9-10,13H2,1-3H3. The van der Waals surface area contributed by atoms with Crippen LogP contribution in [0.15, 0.2) is 39.7 Å².